The first-order chi connectivity index (χ1) is 10.8. The van der Waals surface area contributed by atoms with Gasteiger partial charge in [0.2, 0.25) is 0 Å². The Kier molecular flexibility index (Phi) is 4.56. The molecule has 3 aromatic rings. The van der Waals surface area contributed by atoms with E-state index < -0.39 is 0 Å². The summed E-state index contributed by atoms with van der Waals surface area (Å²) in [4.78, 5) is 5.62. The SMILES string of the molecule is C=CCn1c(-c2ccccc2)csc1=Nc1ccccc1Cl. The van der Waals surface area contributed by atoms with E-state index in [1.54, 1.807) is 11.3 Å². The van der Waals surface area contributed by atoms with Gasteiger partial charge in [-0.1, -0.05) is 60.1 Å². The minimum Gasteiger partial charge on any atom is -0.313 e. The van der Waals surface area contributed by atoms with E-state index in [2.05, 4.69) is 28.7 Å². The van der Waals surface area contributed by atoms with Gasteiger partial charge in [-0.3, -0.25) is 0 Å². The maximum atomic E-state index is 6.21. The number of hydrogen-bond donors (Lipinski definition) is 0. The minimum atomic E-state index is 0.655. The molecule has 0 atom stereocenters. The molecule has 0 aliphatic rings. The Labute approximate surface area is 138 Å². The van der Waals surface area contributed by atoms with Gasteiger partial charge in [-0.25, -0.2) is 4.99 Å². The maximum absolute atomic E-state index is 6.21. The Morgan fingerprint density at radius 3 is 2.55 bits per heavy atom. The van der Waals surface area contributed by atoms with E-state index >= 15 is 0 Å². The minimum absolute atomic E-state index is 0.655. The molecule has 0 bridgehead atoms. The molecule has 0 saturated carbocycles. The zero-order chi connectivity index (χ0) is 15.4. The van der Waals surface area contributed by atoms with Crippen LogP contribution in [0.5, 0.6) is 0 Å². The van der Waals surface area contributed by atoms with Gasteiger partial charge in [0, 0.05) is 11.9 Å². The van der Waals surface area contributed by atoms with Gasteiger partial charge in [0.05, 0.1) is 16.4 Å². The predicted octanol–water partition coefficient (Wildman–Crippen LogP) is 5.29. The molecular formula is C18H15ClN2S. The summed E-state index contributed by atoms with van der Waals surface area (Å²) in [7, 11) is 0. The third-order valence-electron chi connectivity index (χ3n) is 3.25. The highest BCUT2D eigenvalue weighted by Gasteiger charge is 2.07. The zero-order valence-electron chi connectivity index (χ0n) is 11.9. The molecule has 0 aliphatic heterocycles. The van der Waals surface area contributed by atoms with Crippen molar-refractivity contribution in [1.29, 1.82) is 0 Å². The van der Waals surface area contributed by atoms with Crippen molar-refractivity contribution in [3.63, 3.8) is 0 Å². The van der Waals surface area contributed by atoms with E-state index in [0.717, 1.165) is 16.2 Å². The molecule has 110 valence electrons. The van der Waals surface area contributed by atoms with Gasteiger partial charge in [-0.05, 0) is 17.7 Å². The summed E-state index contributed by atoms with van der Waals surface area (Å²) >= 11 is 7.81. The van der Waals surface area contributed by atoms with Crippen LogP contribution in [0.15, 0.2) is 77.6 Å². The highest BCUT2D eigenvalue weighted by molar-refractivity contribution is 7.07. The Morgan fingerprint density at radius 1 is 1.09 bits per heavy atom. The highest BCUT2D eigenvalue weighted by atomic mass is 35.5. The molecule has 0 N–H and O–H groups in total. The van der Waals surface area contributed by atoms with E-state index in [9.17, 15) is 0 Å². The Morgan fingerprint density at radius 2 is 1.82 bits per heavy atom. The first kappa shape index (κ1) is 14.8. The standard InChI is InChI=1S/C18H15ClN2S/c1-2-12-21-17(14-8-4-3-5-9-14)13-22-18(21)20-16-11-7-6-10-15(16)19/h2-11,13H,1,12H2. The van der Waals surface area contributed by atoms with Crippen molar-refractivity contribution in [3.05, 3.63) is 82.5 Å². The number of allylic oxidation sites excluding steroid dienone is 1. The van der Waals surface area contributed by atoms with Crippen LogP contribution >= 0.6 is 22.9 Å². The largest absolute Gasteiger partial charge is 0.313 e. The number of hydrogen-bond acceptors (Lipinski definition) is 2. The number of aromatic nitrogens is 1. The number of nitrogens with zero attached hydrogens (tertiary/aromatic N) is 2. The van der Waals surface area contributed by atoms with Gasteiger partial charge in [0.1, 0.15) is 0 Å². The van der Waals surface area contributed by atoms with E-state index in [1.807, 2.05) is 48.5 Å². The molecule has 0 unspecified atom stereocenters. The second-order valence-electron chi connectivity index (χ2n) is 4.73. The van der Waals surface area contributed by atoms with Crippen LogP contribution in [0.1, 0.15) is 0 Å². The topological polar surface area (TPSA) is 17.3 Å². The summed E-state index contributed by atoms with van der Waals surface area (Å²) in [6, 6.07) is 17.9. The molecule has 0 radical (unpaired) electrons. The van der Waals surface area contributed by atoms with Crippen LogP contribution < -0.4 is 4.80 Å². The van der Waals surface area contributed by atoms with Gasteiger partial charge < -0.3 is 4.57 Å². The van der Waals surface area contributed by atoms with Crippen LogP contribution in [-0.2, 0) is 6.54 Å². The molecule has 1 heterocycles. The number of halogens is 1. The quantitative estimate of drug-likeness (QED) is 0.580. The molecular weight excluding hydrogens is 312 g/mol. The molecule has 2 nitrogen and oxygen atoms in total. The normalized spacial score (nSPS) is 11.6. The molecule has 1 aromatic heterocycles. The Bertz CT molecular complexity index is 847. The first-order valence-electron chi connectivity index (χ1n) is 6.93. The average molecular weight is 327 g/mol. The molecule has 0 saturated heterocycles. The lowest BCUT2D eigenvalue weighted by molar-refractivity contribution is 0.800. The molecule has 4 heteroatoms. The van der Waals surface area contributed by atoms with Crippen LogP contribution in [0.3, 0.4) is 0 Å². The lowest BCUT2D eigenvalue weighted by Crippen LogP contribution is -2.14. The molecule has 0 aliphatic carbocycles. The van der Waals surface area contributed by atoms with E-state index in [0.29, 0.717) is 11.6 Å². The summed E-state index contributed by atoms with van der Waals surface area (Å²) in [5.74, 6) is 0. The van der Waals surface area contributed by atoms with E-state index in [1.165, 1.54) is 5.56 Å². The Balaban J connectivity index is 2.16. The van der Waals surface area contributed by atoms with Crippen molar-refractivity contribution in [2.75, 3.05) is 0 Å². The molecule has 0 fully saturated rings. The third-order valence-corrected chi connectivity index (χ3v) is 4.43. The number of thiazole rings is 1. The van der Waals surface area contributed by atoms with Crippen molar-refractivity contribution in [1.82, 2.24) is 4.57 Å². The lowest BCUT2D eigenvalue weighted by Gasteiger charge is -2.06. The van der Waals surface area contributed by atoms with Crippen LogP contribution in [0.4, 0.5) is 5.69 Å². The fraction of sp³-hybridized carbons (Fsp3) is 0.0556. The fourth-order valence-corrected chi connectivity index (χ4v) is 3.32. The molecule has 2 aromatic carbocycles. The second-order valence-corrected chi connectivity index (χ2v) is 5.98. The summed E-state index contributed by atoms with van der Waals surface area (Å²) in [5.41, 5.74) is 3.08. The lowest BCUT2D eigenvalue weighted by atomic mass is 10.2. The van der Waals surface area contributed by atoms with Gasteiger partial charge in [0.25, 0.3) is 0 Å². The maximum Gasteiger partial charge on any atom is 0.190 e. The number of rotatable bonds is 4. The third kappa shape index (κ3) is 3.06. The highest BCUT2D eigenvalue weighted by Crippen LogP contribution is 2.24. The molecule has 0 spiro atoms. The molecule has 0 amide bonds. The average Bonchev–Trinajstić information content (AvgIpc) is 2.94. The van der Waals surface area contributed by atoms with Gasteiger partial charge in [-0.2, -0.15) is 0 Å². The van der Waals surface area contributed by atoms with Crippen LogP contribution in [0.25, 0.3) is 11.3 Å². The predicted molar refractivity (Wildman–Crippen MR) is 94.6 cm³/mol. The molecule has 22 heavy (non-hydrogen) atoms. The van der Waals surface area contributed by atoms with E-state index in [-0.39, 0.29) is 0 Å². The fourth-order valence-electron chi connectivity index (χ4n) is 2.21. The van der Waals surface area contributed by atoms with Gasteiger partial charge in [0.15, 0.2) is 4.80 Å². The van der Waals surface area contributed by atoms with Crippen molar-refractivity contribution in [2.45, 2.75) is 6.54 Å². The van der Waals surface area contributed by atoms with Crippen molar-refractivity contribution in [2.24, 2.45) is 4.99 Å². The van der Waals surface area contributed by atoms with Gasteiger partial charge >= 0.3 is 0 Å². The summed E-state index contributed by atoms with van der Waals surface area (Å²) in [5, 5.41) is 2.77. The summed E-state index contributed by atoms with van der Waals surface area (Å²) < 4.78 is 2.15. The van der Waals surface area contributed by atoms with Crippen molar-refractivity contribution < 1.29 is 0 Å². The monoisotopic (exact) mass is 326 g/mol. The number of benzene rings is 2. The van der Waals surface area contributed by atoms with Crippen LogP contribution in [0.2, 0.25) is 5.02 Å². The van der Waals surface area contributed by atoms with Crippen molar-refractivity contribution >= 4 is 28.6 Å². The van der Waals surface area contributed by atoms with E-state index in [4.69, 9.17) is 16.6 Å². The van der Waals surface area contributed by atoms with Crippen molar-refractivity contribution in [3.8, 4) is 11.3 Å². The summed E-state index contributed by atoms with van der Waals surface area (Å²) in [6.45, 7) is 4.56. The first-order valence-corrected chi connectivity index (χ1v) is 8.19. The van der Waals surface area contributed by atoms with Crippen LogP contribution in [-0.4, -0.2) is 4.57 Å². The molecule has 3 rings (SSSR count). The number of para-hydroxylation sites is 1. The summed E-state index contributed by atoms with van der Waals surface area (Å²) in [6.07, 6.45) is 1.88. The Hall–Kier alpha value is -2.10. The van der Waals surface area contributed by atoms with Gasteiger partial charge in [-0.15, -0.1) is 17.9 Å². The zero-order valence-corrected chi connectivity index (χ0v) is 13.5. The smallest absolute Gasteiger partial charge is 0.190 e. The van der Waals surface area contributed by atoms with Crippen LogP contribution in [0, 0.1) is 0 Å². The second kappa shape index (κ2) is 6.77.